The van der Waals surface area contributed by atoms with Crippen LogP contribution in [0.3, 0.4) is 0 Å². The van der Waals surface area contributed by atoms with Gasteiger partial charge in [-0.1, -0.05) is 20.8 Å². The van der Waals surface area contributed by atoms with Gasteiger partial charge in [-0.05, 0) is 56.8 Å². The van der Waals surface area contributed by atoms with E-state index < -0.39 is 6.10 Å². The Morgan fingerprint density at radius 1 is 1.30 bits per heavy atom. The van der Waals surface area contributed by atoms with E-state index >= 15 is 0 Å². The van der Waals surface area contributed by atoms with Crippen LogP contribution in [0.15, 0.2) is 0 Å². The SMILES string of the molecule is CC(C)(C)NC[C@@H](O)CO[C@@H]1C(C)(C)[C@@H]2CC[C@@]1(C)C2. The molecule has 20 heavy (non-hydrogen) atoms. The Balaban J connectivity index is 1.85. The van der Waals surface area contributed by atoms with Gasteiger partial charge in [-0.15, -0.1) is 0 Å². The Morgan fingerprint density at radius 3 is 2.45 bits per heavy atom. The van der Waals surface area contributed by atoms with Crippen molar-refractivity contribution in [1.29, 1.82) is 0 Å². The molecule has 2 N–H and O–H groups in total. The molecule has 0 unspecified atom stereocenters. The third kappa shape index (κ3) is 3.20. The second-order valence-electron chi connectivity index (χ2n) is 8.91. The summed E-state index contributed by atoms with van der Waals surface area (Å²) in [5.41, 5.74) is 0.619. The number of nitrogens with one attached hydrogen (secondary N) is 1. The van der Waals surface area contributed by atoms with E-state index in [0.29, 0.717) is 18.6 Å². The van der Waals surface area contributed by atoms with Gasteiger partial charge in [-0.25, -0.2) is 0 Å². The molecule has 3 nitrogen and oxygen atoms in total. The predicted molar refractivity (Wildman–Crippen MR) is 82.7 cm³/mol. The number of ether oxygens (including phenoxy) is 1. The molecule has 118 valence electrons. The smallest absolute Gasteiger partial charge is 0.0898 e. The minimum Gasteiger partial charge on any atom is -0.389 e. The average Bonchev–Trinajstić information content (AvgIpc) is 2.76. The van der Waals surface area contributed by atoms with Gasteiger partial charge in [0.15, 0.2) is 0 Å². The first-order chi connectivity index (χ1) is 9.05. The zero-order chi connectivity index (χ0) is 15.2. The summed E-state index contributed by atoms with van der Waals surface area (Å²) in [5.74, 6) is 0.794. The maximum atomic E-state index is 10.1. The first-order valence-corrected chi connectivity index (χ1v) is 8.09. The molecule has 2 aliphatic carbocycles. The third-order valence-electron chi connectivity index (χ3n) is 5.46. The second kappa shape index (κ2) is 5.26. The highest BCUT2D eigenvalue weighted by molar-refractivity contribution is 5.09. The van der Waals surface area contributed by atoms with Crippen LogP contribution in [-0.4, -0.2) is 36.0 Å². The quantitative estimate of drug-likeness (QED) is 0.815. The van der Waals surface area contributed by atoms with E-state index in [2.05, 4.69) is 46.9 Å². The molecule has 0 saturated heterocycles. The summed E-state index contributed by atoms with van der Waals surface area (Å²) < 4.78 is 6.19. The lowest BCUT2D eigenvalue weighted by Crippen LogP contribution is -2.46. The fourth-order valence-corrected chi connectivity index (χ4v) is 4.36. The first kappa shape index (κ1) is 16.3. The molecular formula is C17H33NO2. The molecule has 3 heteroatoms. The Bertz CT molecular complexity index is 343. The van der Waals surface area contributed by atoms with Crippen molar-refractivity contribution in [2.45, 2.75) is 78.6 Å². The fourth-order valence-electron chi connectivity index (χ4n) is 4.36. The Labute approximate surface area is 124 Å². The van der Waals surface area contributed by atoms with Gasteiger partial charge < -0.3 is 15.2 Å². The van der Waals surface area contributed by atoms with Crippen LogP contribution in [0.5, 0.6) is 0 Å². The van der Waals surface area contributed by atoms with Gasteiger partial charge in [0, 0.05) is 12.1 Å². The summed E-state index contributed by atoms with van der Waals surface area (Å²) in [6, 6.07) is 0. The number of rotatable bonds is 5. The lowest BCUT2D eigenvalue weighted by atomic mass is 9.70. The van der Waals surface area contributed by atoms with E-state index in [0.717, 1.165) is 5.92 Å². The maximum Gasteiger partial charge on any atom is 0.0898 e. The number of fused-ring (bicyclic) bond motifs is 2. The van der Waals surface area contributed by atoms with E-state index in [9.17, 15) is 5.11 Å². The number of hydrogen-bond acceptors (Lipinski definition) is 3. The highest BCUT2D eigenvalue weighted by Gasteiger charge is 2.60. The van der Waals surface area contributed by atoms with Gasteiger partial charge in [0.1, 0.15) is 0 Å². The van der Waals surface area contributed by atoms with Crippen LogP contribution in [0, 0.1) is 16.7 Å². The summed E-state index contributed by atoms with van der Waals surface area (Å²) >= 11 is 0. The zero-order valence-electron chi connectivity index (χ0n) is 14.1. The van der Waals surface area contributed by atoms with Crippen LogP contribution in [0.25, 0.3) is 0 Å². The number of aliphatic hydroxyl groups is 1. The van der Waals surface area contributed by atoms with Crippen molar-refractivity contribution in [3.8, 4) is 0 Å². The molecule has 0 amide bonds. The number of aliphatic hydroxyl groups excluding tert-OH is 1. The van der Waals surface area contributed by atoms with E-state index in [-0.39, 0.29) is 17.1 Å². The Kier molecular flexibility index (Phi) is 4.27. The van der Waals surface area contributed by atoms with E-state index in [1.165, 1.54) is 19.3 Å². The van der Waals surface area contributed by atoms with Crippen LogP contribution in [0.1, 0.15) is 60.8 Å². The Morgan fingerprint density at radius 2 is 1.95 bits per heavy atom. The van der Waals surface area contributed by atoms with Gasteiger partial charge >= 0.3 is 0 Å². The molecule has 0 aromatic carbocycles. The molecule has 2 bridgehead atoms. The molecule has 2 fully saturated rings. The Hall–Kier alpha value is -0.120. The lowest BCUT2D eigenvalue weighted by molar-refractivity contribution is -0.110. The standard InChI is InChI=1S/C17H33NO2/c1-15(2,3)18-10-13(19)11-20-14-16(4,5)12-7-8-17(14,6)9-12/h12-14,18-19H,7-11H2,1-6H3/t12-,13-,14-,17+/m1/s1. The summed E-state index contributed by atoms with van der Waals surface area (Å²) in [5, 5.41) is 13.4. The summed E-state index contributed by atoms with van der Waals surface area (Å²) in [6.07, 6.45) is 3.78. The van der Waals surface area contributed by atoms with Gasteiger partial charge in [0.25, 0.3) is 0 Å². The largest absolute Gasteiger partial charge is 0.389 e. The highest BCUT2D eigenvalue weighted by atomic mass is 16.5. The summed E-state index contributed by atoms with van der Waals surface area (Å²) in [7, 11) is 0. The van der Waals surface area contributed by atoms with Crippen LogP contribution < -0.4 is 5.32 Å². The molecule has 2 saturated carbocycles. The molecule has 0 heterocycles. The average molecular weight is 283 g/mol. The molecular weight excluding hydrogens is 250 g/mol. The normalized spacial score (nSPS) is 37.4. The van der Waals surface area contributed by atoms with Crippen LogP contribution >= 0.6 is 0 Å². The zero-order valence-corrected chi connectivity index (χ0v) is 14.1. The van der Waals surface area contributed by atoms with E-state index in [4.69, 9.17) is 4.74 Å². The van der Waals surface area contributed by atoms with E-state index in [1.807, 2.05) is 0 Å². The van der Waals surface area contributed by atoms with Gasteiger partial charge in [-0.3, -0.25) is 0 Å². The van der Waals surface area contributed by atoms with Gasteiger partial charge in [0.2, 0.25) is 0 Å². The predicted octanol–water partition coefficient (Wildman–Crippen LogP) is 2.97. The molecule has 0 aromatic rings. The highest BCUT2D eigenvalue weighted by Crippen LogP contribution is 2.63. The topological polar surface area (TPSA) is 41.5 Å². The molecule has 0 aromatic heterocycles. The van der Waals surface area contributed by atoms with Crippen molar-refractivity contribution >= 4 is 0 Å². The molecule has 0 radical (unpaired) electrons. The second-order valence-corrected chi connectivity index (χ2v) is 8.91. The van der Waals surface area contributed by atoms with Gasteiger partial charge in [-0.2, -0.15) is 0 Å². The van der Waals surface area contributed by atoms with Crippen molar-refractivity contribution in [2.24, 2.45) is 16.7 Å². The number of hydrogen-bond donors (Lipinski definition) is 2. The summed E-state index contributed by atoms with van der Waals surface area (Å²) in [4.78, 5) is 0. The maximum absolute atomic E-state index is 10.1. The molecule has 2 aliphatic rings. The minimum absolute atomic E-state index is 0.0403. The number of β-amino-alcohol motifs (C(OH)–C–C–N with tert-alkyl or cyclic N) is 1. The molecule has 0 aliphatic heterocycles. The monoisotopic (exact) mass is 283 g/mol. The minimum atomic E-state index is -0.423. The van der Waals surface area contributed by atoms with Crippen molar-refractivity contribution in [3.63, 3.8) is 0 Å². The molecule has 4 atom stereocenters. The lowest BCUT2D eigenvalue weighted by Gasteiger charge is -2.42. The van der Waals surface area contributed by atoms with Crippen molar-refractivity contribution in [3.05, 3.63) is 0 Å². The van der Waals surface area contributed by atoms with Crippen LogP contribution in [0.4, 0.5) is 0 Å². The van der Waals surface area contributed by atoms with Crippen molar-refractivity contribution in [2.75, 3.05) is 13.2 Å². The van der Waals surface area contributed by atoms with Gasteiger partial charge in [0.05, 0.1) is 18.8 Å². The molecule has 2 rings (SSSR count). The fraction of sp³-hybridized carbons (Fsp3) is 1.00. The van der Waals surface area contributed by atoms with Crippen LogP contribution in [-0.2, 0) is 4.74 Å². The van der Waals surface area contributed by atoms with Crippen molar-refractivity contribution in [1.82, 2.24) is 5.32 Å². The molecule has 0 spiro atoms. The van der Waals surface area contributed by atoms with Crippen molar-refractivity contribution < 1.29 is 9.84 Å². The first-order valence-electron chi connectivity index (χ1n) is 8.09. The summed E-state index contributed by atoms with van der Waals surface area (Å²) in [6.45, 7) is 14.4. The van der Waals surface area contributed by atoms with E-state index in [1.54, 1.807) is 0 Å². The third-order valence-corrected chi connectivity index (χ3v) is 5.46. The van der Waals surface area contributed by atoms with Crippen LogP contribution in [0.2, 0.25) is 0 Å².